The van der Waals surface area contributed by atoms with Gasteiger partial charge >= 0.3 is 0 Å². The minimum absolute atomic E-state index is 0.191. The second kappa shape index (κ2) is 5.66. The van der Waals surface area contributed by atoms with E-state index >= 15 is 0 Å². The van der Waals surface area contributed by atoms with Crippen molar-refractivity contribution in [2.24, 2.45) is 5.73 Å². The topological polar surface area (TPSA) is 94.5 Å². The van der Waals surface area contributed by atoms with E-state index in [2.05, 4.69) is 4.37 Å². The molecule has 0 saturated heterocycles. The molecule has 1 rings (SSSR count). The molecule has 0 bridgehead atoms. The summed E-state index contributed by atoms with van der Waals surface area (Å²) >= 11 is 1.17. The van der Waals surface area contributed by atoms with Crippen LogP contribution in [0.15, 0.2) is 0 Å². The van der Waals surface area contributed by atoms with Crippen LogP contribution in [0.25, 0.3) is 0 Å². The van der Waals surface area contributed by atoms with E-state index in [1.807, 2.05) is 18.9 Å². The number of hydrogen-bond acceptors (Lipinski definition) is 6. The Morgan fingerprint density at radius 2 is 2.31 bits per heavy atom. The van der Waals surface area contributed by atoms with E-state index in [1.54, 1.807) is 0 Å². The Bertz CT molecular complexity index is 366. The third kappa shape index (κ3) is 2.83. The molecule has 0 aliphatic rings. The Hall–Kier alpha value is -1.34. The summed E-state index contributed by atoms with van der Waals surface area (Å²) in [5.74, 6) is -0.361. The van der Waals surface area contributed by atoms with Crippen molar-refractivity contribution in [1.29, 1.82) is 0 Å². The zero-order valence-corrected chi connectivity index (χ0v) is 10.2. The highest BCUT2D eigenvalue weighted by Crippen LogP contribution is 2.28. The molecule has 1 heterocycles. The lowest BCUT2D eigenvalue weighted by Gasteiger charge is -2.17. The summed E-state index contributed by atoms with van der Waals surface area (Å²) in [4.78, 5) is 13.1. The molecular weight excluding hydrogens is 228 g/mol. The van der Waals surface area contributed by atoms with Gasteiger partial charge in [-0.25, -0.2) is 0 Å². The smallest absolute Gasteiger partial charge is 0.255 e. The first-order chi connectivity index (χ1) is 7.57. The first-order valence-corrected chi connectivity index (χ1v) is 5.69. The van der Waals surface area contributed by atoms with E-state index in [9.17, 15) is 4.79 Å². The van der Waals surface area contributed by atoms with E-state index in [1.165, 1.54) is 11.5 Å². The molecule has 0 aliphatic carbocycles. The van der Waals surface area contributed by atoms with Gasteiger partial charge in [-0.1, -0.05) is 0 Å². The average Bonchev–Trinajstić information content (AvgIpc) is 2.60. The minimum Gasteiger partial charge on any atom is -0.382 e. The number of carbonyl (C=O) groups excluding carboxylic acids is 1. The first-order valence-electron chi connectivity index (χ1n) is 4.91. The largest absolute Gasteiger partial charge is 0.382 e. The third-order valence-electron chi connectivity index (χ3n) is 2.07. The molecule has 0 atom stereocenters. The Morgan fingerprint density at radius 3 is 2.88 bits per heavy atom. The van der Waals surface area contributed by atoms with Crippen molar-refractivity contribution < 1.29 is 9.53 Å². The normalized spacial score (nSPS) is 10.4. The van der Waals surface area contributed by atoms with Crippen LogP contribution in [0.3, 0.4) is 0 Å². The second-order valence-electron chi connectivity index (χ2n) is 3.23. The average molecular weight is 244 g/mol. The highest BCUT2D eigenvalue weighted by molar-refractivity contribution is 7.11. The number of aromatic nitrogens is 1. The van der Waals surface area contributed by atoms with Gasteiger partial charge in [-0.3, -0.25) is 4.79 Å². The van der Waals surface area contributed by atoms with Crippen molar-refractivity contribution in [3.8, 4) is 0 Å². The van der Waals surface area contributed by atoms with Crippen molar-refractivity contribution in [2.45, 2.75) is 6.92 Å². The van der Waals surface area contributed by atoms with Gasteiger partial charge in [0.05, 0.1) is 6.61 Å². The molecule has 1 amide bonds. The highest BCUT2D eigenvalue weighted by atomic mass is 32.1. The lowest BCUT2D eigenvalue weighted by Crippen LogP contribution is -2.25. The minimum atomic E-state index is -0.551. The summed E-state index contributed by atoms with van der Waals surface area (Å²) in [6.07, 6.45) is 0. The fourth-order valence-corrected chi connectivity index (χ4v) is 2.04. The van der Waals surface area contributed by atoms with Crippen molar-refractivity contribution in [3.63, 3.8) is 0 Å². The molecule has 0 saturated carbocycles. The second-order valence-corrected chi connectivity index (χ2v) is 3.98. The number of ether oxygens (including phenoxy) is 1. The monoisotopic (exact) mass is 244 g/mol. The molecule has 0 aromatic carbocycles. The highest BCUT2D eigenvalue weighted by Gasteiger charge is 2.19. The number of rotatable bonds is 6. The number of likely N-dealkylation sites (N-methyl/N-ethyl adjacent to an activating group) is 1. The van der Waals surface area contributed by atoms with E-state index < -0.39 is 5.91 Å². The molecule has 1 aromatic heterocycles. The predicted octanol–water partition coefficient (Wildman–Crippen LogP) is 0.297. The number of nitrogen functional groups attached to an aromatic ring is 1. The summed E-state index contributed by atoms with van der Waals surface area (Å²) in [6, 6.07) is 0. The molecule has 0 unspecified atom stereocenters. The quantitative estimate of drug-likeness (QED) is 0.702. The van der Waals surface area contributed by atoms with Gasteiger partial charge in [0.15, 0.2) is 5.82 Å². The molecule has 1 aromatic rings. The van der Waals surface area contributed by atoms with Crippen LogP contribution in [-0.2, 0) is 4.74 Å². The van der Waals surface area contributed by atoms with Gasteiger partial charge in [-0.2, -0.15) is 4.37 Å². The van der Waals surface area contributed by atoms with Crippen LogP contribution in [0.1, 0.15) is 17.3 Å². The number of amides is 1. The van der Waals surface area contributed by atoms with Gasteiger partial charge in [0.1, 0.15) is 10.6 Å². The zero-order valence-electron chi connectivity index (χ0n) is 9.40. The van der Waals surface area contributed by atoms with Gasteiger partial charge < -0.3 is 21.1 Å². The van der Waals surface area contributed by atoms with Gasteiger partial charge in [-0.05, 0) is 18.5 Å². The third-order valence-corrected chi connectivity index (χ3v) is 3.05. The molecular formula is C9H16N4O2S. The van der Waals surface area contributed by atoms with Gasteiger partial charge in [0.2, 0.25) is 0 Å². The van der Waals surface area contributed by atoms with Crippen LogP contribution >= 0.6 is 11.5 Å². The summed E-state index contributed by atoms with van der Waals surface area (Å²) < 4.78 is 9.15. The summed E-state index contributed by atoms with van der Waals surface area (Å²) in [5.41, 5.74) is 11.1. The van der Waals surface area contributed by atoms with E-state index in [4.69, 9.17) is 16.2 Å². The van der Waals surface area contributed by atoms with Gasteiger partial charge in [-0.15, -0.1) is 0 Å². The standard InChI is InChI=1S/C9H16N4O2S/c1-3-15-5-4-13(2)9-6(8(11)14)7(10)12-16-9/h3-5H2,1-2H3,(H2,10,12)(H2,11,14). The molecule has 7 heteroatoms. The van der Waals surface area contributed by atoms with Crippen LogP contribution in [0, 0.1) is 0 Å². The molecule has 90 valence electrons. The lowest BCUT2D eigenvalue weighted by molar-refractivity contribution is 0.100. The number of anilines is 2. The zero-order chi connectivity index (χ0) is 12.1. The molecule has 0 spiro atoms. The summed E-state index contributed by atoms with van der Waals surface area (Å²) in [7, 11) is 1.85. The molecule has 6 nitrogen and oxygen atoms in total. The maximum absolute atomic E-state index is 11.2. The predicted molar refractivity (Wildman–Crippen MR) is 64.8 cm³/mol. The fraction of sp³-hybridized carbons (Fsp3) is 0.556. The Balaban J connectivity index is 2.75. The van der Waals surface area contributed by atoms with Crippen LogP contribution in [-0.4, -0.2) is 37.1 Å². The number of hydrogen-bond donors (Lipinski definition) is 2. The Kier molecular flexibility index (Phi) is 4.51. The molecule has 4 N–H and O–H groups in total. The number of primary amides is 1. The summed E-state index contributed by atoms with van der Waals surface area (Å²) in [5, 5.41) is 0.685. The van der Waals surface area contributed by atoms with E-state index in [0.29, 0.717) is 30.3 Å². The van der Waals surface area contributed by atoms with Crippen LogP contribution < -0.4 is 16.4 Å². The summed E-state index contributed by atoms with van der Waals surface area (Å²) in [6.45, 7) is 3.85. The number of nitrogens with two attached hydrogens (primary N) is 2. The fourth-order valence-electron chi connectivity index (χ4n) is 1.23. The molecule has 0 radical (unpaired) electrons. The molecule has 0 aliphatic heterocycles. The van der Waals surface area contributed by atoms with Crippen LogP contribution in [0.5, 0.6) is 0 Å². The van der Waals surface area contributed by atoms with Gasteiger partial charge in [0.25, 0.3) is 5.91 Å². The van der Waals surface area contributed by atoms with Crippen molar-refractivity contribution in [2.75, 3.05) is 37.4 Å². The lowest BCUT2D eigenvalue weighted by atomic mass is 10.3. The van der Waals surface area contributed by atoms with Crippen LogP contribution in [0.4, 0.5) is 10.8 Å². The Labute approximate surface area is 98.3 Å². The maximum Gasteiger partial charge on any atom is 0.255 e. The molecule has 16 heavy (non-hydrogen) atoms. The van der Waals surface area contributed by atoms with Crippen molar-refractivity contribution in [3.05, 3.63) is 5.56 Å². The first kappa shape index (κ1) is 12.7. The van der Waals surface area contributed by atoms with E-state index in [-0.39, 0.29) is 5.82 Å². The molecule has 0 fully saturated rings. The van der Waals surface area contributed by atoms with Crippen LogP contribution in [0.2, 0.25) is 0 Å². The van der Waals surface area contributed by atoms with Crippen molar-refractivity contribution in [1.82, 2.24) is 4.37 Å². The number of carbonyl (C=O) groups is 1. The van der Waals surface area contributed by atoms with Gasteiger partial charge in [0, 0.05) is 20.2 Å². The Morgan fingerprint density at radius 1 is 1.62 bits per heavy atom. The number of nitrogens with zero attached hydrogens (tertiary/aromatic N) is 2. The van der Waals surface area contributed by atoms with E-state index in [0.717, 1.165) is 0 Å². The maximum atomic E-state index is 11.2. The van der Waals surface area contributed by atoms with Crippen molar-refractivity contribution >= 4 is 28.3 Å². The SMILES string of the molecule is CCOCCN(C)c1snc(N)c1C(N)=O.